The minimum absolute atomic E-state index is 0.171. The van der Waals surface area contributed by atoms with E-state index in [4.69, 9.17) is 4.74 Å². The molecule has 5 aromatic rings. The molecule has 208 valence electrons. The second kappa shape index (κ2) is 12.1. The third-order valence-corrected chi connectivity index (χ3v) is 8.73. The molecule has 0 aliphatic heterocycles. The molecule has 0 saturated carbocycles. The van der Waals surface area contributed by atoms with Crippen molar-refractivity contribution in [3.05, 3.63) is 84.4 Å². The number of ether oxygens (including phenoxy) is 1. The van der Waals surface area contributed by atoms with E-state index in [0.717, 1.165) is 46.6 Å². The van der Waals surface area contributed by atoms with Crippen molar-refractivity contribution in [3.8, 4) is 5.75 Å². The molecule has 7 nitrogen and oxygen atoms in total. The van der Waals surface area contributed by atoms with Gasteiger partial charge in [0.2, 0.25) is 10.0 Å². The Kier molecular flexibility index (Phi) is 8.38. The van der Waals surface area contributed by atoms with Gasteiger partial charge in [-0.05, 0) is 56.3 Å². The number of carbonyl (C=O) groups is 1. The molecule has 0 radical (unpaired) electrons. The van der Waals surface area contributed by atoms with Crippen LogP contribution in [0.25, 0.3) is 32.6 Å². The lowest BCUT2D eigenvalue weighted by Gasteiger charge is -2.13. The number of unbranched alkanes of at least 4 members (excludes halogenated alkanes) is 2. The first kappa shape index (κ1) is 27.7. The number of rotatable bonds is 12. The zero-order valence-corrected chi connectivity index (χ0v) is 23.8. The lowest BCUT2D eigenvalue weighted by atomic mass is 10.1. The van der Waals surface area contributed by atoms with Crippen molar-refractivity contribution in [2.45, 2.75) is 44.6 Å². The molecule has 0 spiro atoms. The number of hydrogen-bond donors (Lipinski definition) is 2. The van der Waals surface area contributed by atoms with E-state index in [1.54, 1.807) is 12.1 Å². The maximum atomic E-state index is 13.2. The summed E-state index contributed by atoms with van der Waals surface area (Å²) in [6.07, 6.45) is 2.19. The van der Waals surface area contributed by atoms with Crippen LogP contribution in [0.15, 0.2) is 83.8 Å². The Morgan fingerprint density at radius 1 is 0.800 bits per heavy atom. The van der Waals surface area contributed by atoms with E-state index in [-0.39, 0.29) is 5.91 Å². The van der Waals surface area contributed by atoms with Crippen LogP contribution in [0.3, 0.4) is 0 Å². The van der Waals surface area contributed by atoms with Crippen LogP contribution in [-0.4, -0.2) is 38.6 Å². The molecule has 0 saturated heterocycles. The predicted molar refractivity (Wildman–Crippen MR) is 162 cm³/mol. The fourth-order valence-corrected chi connectivity index (χ4v) is 6.66. The number of nitrogens with zero attached hydrogens (tertiary/aromatic N) is 1. The summed E-state index contributed by atoms with van der Waals surface area (Å²) in [5, 5.41) is 6.66. The molecule has 0 fully saturated rings. The van der Waals surface area contributed by atoms with Crippen molar-refractivity contribution in [1.29, 1.82) is 0 Å². The Labute approximate surface area is 235 Å². The molecule has 0 aliphatic rings. The molecule has 0 atom stereocenters. The third kappa shape index (κ3) is 5.42. The Bertz CT molecular complexity index is 1770. The third-order valence-electron chi connectivity index (χ3n) is 7.21. The monoisotopic (exact) mass is 557 g/mol. The van der Waals surface area contributed by atoms with Gasteiger partial charge in [-0.15, -0.1) is 0 Å². The number of amides is 1. The van der Waals surface area contributed by atoms with Gasteiger partial charge in [0.05, 0.1) is 28.0 Å². The summed E-state index contributed by atoms with van der Waals surface area (Å²) in [5.74, 6) is 0.444. The van der Waals surface area contributed by atoms with E-state index in [9.17, 15) is 13.2 Å². The van der Waals surface area contributed by atoms with Crippen LogP contribution in [0.2, 0.25) is 0 Å². The summed E-state index contributed by atoms with van der Waals surface area (Å²) in [5.41, 5.74) is 2.69. The standard InChI is InChI=1S/C32H35N3O4S/c1-3-35-27-17-9-8-16-25(27)30-28(35)20-19-26(31(30)39-4-2)32(36)33-21-10-5-11-22-34-40(37,38)29-18-12-14-23-13-6-7-15-24(23)29/h6-9,12-20,34H,3-5,10-11,21-22H2,1-2H3,(H,33,36). The van der Waals surface area contributed by atoms with Gasteiger partial charge in [0.15, 0.2) is 0 Å². The molecule has 4 aromatic carbocycles. The van der Waals surface area contributed by atoms with Crippen LogP contribution < -0.4 is 14.8 Å². The van der Waals surface area contributed by atoms with Crippen molar-refractivity contribution < 1.29 is 17.9 Å². The highest BCUT2D eigenvalue weighted by atomic mass is 32.2. The fraction of sp³-hybridized carbons (Fsp3) is 0.281. The molecule has 1 heterocycles. The van der Waals surface area contributed by atoms with Gasteiger partial charge in [0.25, 0.3) is 5.91 Å². The molecule has 2 N–H and O–H groups in total. The minimum Gasteiger partial charge on any atom is -0.492 e. The Hall–Kier alpha value is -3.88. The fourth-order valence-electron chi connectivity index (χ4n) is 5.36. The first-order valence-electron chi connectivity index (χ1n) is 13.9. The number of sulfonamides is 1. The van der Waals surface area contributed by atoms with Crippen LogP contribution in [0.5, 0.6) is 5.75 Å². The quantitative estimate of drug-likeness (QED) is 0.178. The Morgan fingerprint density at radius 3 is 2.33 bits per heavy atom. The average Bonchev–Trinajstić information content (AvgIpc) is 3.30. The highest BCUT2D eigenvalue weighted by molar-refractivity contribution is 7.89. The second-order valence-corrected chi connectivity index (χ2v) is 11.5. The van der Waals surface area contributed by atoms with E-state index in [1.807, 2.05) is 61.5 Å². The molecule has 5 rings (SSSR count). The van der Waals surface area contributed by atoms with Crippen molar-refractivity contribution in [3.63, 3.8) is 0 Å². The maximum Gasteiger partial charge on any atom is 0.255 e. The summed E-state index contributed by atoms with van der Waals surface area (Å²) in [4.78, 5) is 13.5. The number of fused-ring (bicyclic) bond motifs is 4. The molecule has 40 heavy (non-hydrogen) atoms. The Balaban J connectivity index is 1.18. The van der Waals surface area contributed by atoms with Crippen LogP contribution >= 0.6 is 0 Å². The number of benzene rings is 4. The average molecular weight is 558 g/mol. The van der Waals surface area contributed by atoms with Gasteiger partial charge < -0.3 is 14.6 Å². The summed E-state index contributed by atoms with van der Waals surface area (Å²) < 4.78 is 36.8. The van der Waals surface area contributed by atoms with Crippen molar-refractivity contribution in [2.75, 3.05) is 19.7 Å². The van der Waals surface area contributed by atoms with Gasteiger partial charge >= 0.3 is 0 Å². The molecule has 1 aromatic heterocycles. The van der Waals surface area contributed by atoms with E-state index in [1.165, 1.54) is 0 Å². The molecular formula is C32H35N3O4S. The summed E-state index contributed by atoms with van der Waals surface area (Å²) in [6, 6.07) is 24.8. The largest absolute Gasteiger partial charge is 0.492 e. The van der Waals surface area contributed by atoms with Gasteiger partial charge in [-0.2, -0.15) is 0 Å². The molecule has 1 amide bonds. The van der Waals surface area contributed by atoms with Gasteiger partial charge in [-0.1, -0.05) is 61.0 Å². The zero-order chi connectivity index (χ0) is 28.1. The van der Waals surface area contributed by atoms with Gasteiger partial charge in [-0.3, -0.25) is 4.79 Å². The second-order valence-electron chi connectivity index (χ2n) is 9.72. The van der Waals surface area contributed by atoms with Crippen LogP contribution in [0, 0.1) is 0 Å². The highest BCUT2D eigenvalue weighted by Gasteiger charge is 2.21. The van der Waals surface area contributed by atoms with Gasteiger partial charge in [0, 0.05) is 35.9 Å². The van der Waals surface area contributed by atoms with E-state index in [0.29, 0.717) is 47.7 Å². The number of hydrogen-bond acceptors (Lipinski definition) is 4. The lowest BCUT2D eigenvalue weighted by Crippen LogP contribution is -2.26. The van der Waals surface area contributed by atoms with E-state index in [2.05, 4.69) is 33.7 Å². The summed E-state index contributed by atoms with van der Waals surface area (Å²) >= 11 is 0. The topological polar surface area (TPSA) is 89.4 Å². The lowest BCUT2D eigenvalue weighted by molar-refractivity contribution is 0.0949. The zero-order valence-electron chi connectivity index (χ0n) is 22.9. The maximum absolute atomic E-state index is 13.2. The number of para-hydroxylation sites is 1. The smallest absolute Gasteiger partial charge is 0.255 e. The van der Waals surface area contributed by atoms with Crippen molar-refractivity contribution >= 4 is 48.5 Å². The first-order chi connectivity index (χ1) is 19.5. The number of aryl methyl sites for hydroxylation is 1. The summed E-state index contributed by atoms with van der Waals surface area (Å²) in [7, 11) is -3.61. The van der Waals surface area contributed by atoms with E-state index >= 15 is 0 Å². The Morgan fingerprint density at radius 2 is 1.52 bits per heavy atom. The minimum atomic E-state index is -3.61. The number of aromatic nitrogens is 1. The van der Waals surface area contributed by atoms with Crippen molar-refractivity contribution in [2.24, 2.45) is 0 Å². The van der Waals surface area contributed by atoms with E-state index < -0.39 is 10.0 Å². The predicted octanol–water partition coefficient (Wildman–Crippen LogP) is 6.24. The van der Waals surface area contributed by atoms with Crippen molar-refractivity contribution in [1.82, 2.24) is 14.6 Å². The van der Waals surface area contributed by atoms with Crippen LogP contribution in [0.1, 0.15) is 43.5 Å². The molecule has 0 bridgehead atoms. The SMILES string of the molecule is CCOc1c(C(=O)NCCCCCNS(=O)(=O)c2cccc3ccccc23)ccc2c1c1ccccc1n2CC. The normalized spacial score (nSPS) is 11.8. The molecule has 0 unspecified atom stereocenters. The summed E-state index contributed by atoms with van der Waals surface area (Å²) in [6.45, 7) is 6.15. The van der Waals surface area contributed by atoms with Crippen LogP contribution in [0.4, 0.5) is 0 Å². The highest BCUT2D eigenvalue weighted by Crippen LogP contribution is 2.38. The first-order valence-corrected chi connectivity index (χ1v) is 15.4. The van der Waals surface area contributed by atoms with Gasteiger partial charge in [-0.25, -0.2) is 13.1 Å². The molecular weight excluding hydrogens is 522 g/mol. The molecule has 8 heteroatoms. The number of carbonyl (C=O) groups excluding carboxylic acids is 1. The van der Waals surface area contributed by atoms with Crippen LogP contribution in [-0.2, 0) is 16.6 Å². The van der Waals surface area contributed by atoms with Gasteiger partial charge in [0.1, 0.15) is 5.75 Å². The molecule has 0 aliphatic carbocycles. The number of nitrogens with one attached hydrogen (secondary N) is 2.